The first-order valence-electron chi connectivity index (χ1n) is 6.65. The normalized spacial score (nSPS) is 24.6. The van der Waals surface area contributed by atoms with Crippen LogP contribution in [0.4, 0.5) is 0 Å². The van der Waals surface area contributed by atoms with E-state index in [9.17, 15) is 21.6 Å². The maximum absolute atomic E-state index is 11.9. The van der Waals surface area contributed by atoms with Gasteiger partial charge in [0.1, 0.15) is 12.2 Å². The van der Waals surface area contributed by atoms with E-state index in [1.807, 2.05) is 0 Å². The average Bonchev–Trinajstić information content (AvgIpc) is 2.39. The van der Waals surface area contributed by atoms with Gasteiger partial charge in [-0.05, 0) is 12.5 Å². The minimum Gasteiger partial charge on any atom is -0.463 e. The van der Waals surface area contributed by atoms with Crippen LogP contribution >= 0.6 is 0 Å². The minimum absolute atomic E-state index is 0.00347. The van der Waals surface area contributed by atoms with Crippen molar-refractivity contribution in [3.05, 3.63) is 22.1 Å². The quantitative estimate of drug-likeness (QED) is 0.198. The van der Waals surface area contributed by atoms with Crippen molar-refractivity contribution in [1.82, 2.24) is 0 Å². The van der Waals surface area contributed by atoms with Crippen LogP contribution in [0.3, 0.4) is 0 Å². The molecule has 0 N–H and O–H groups in total. The molecule has 0 saturated carbocycles. The summed E-state index contributed by atoms with van der Waals surface area (Å²) in [7, 11) is -8.02. The molecule has 1 aliphatic rings. The van der Waals surface area contributed by atoms with Crippen molar-refractivity contribution < 1.29 is 34.7 Å². The van der Waals surface area contributed by atoms with Gasteiger partial charge in [0.05, 0.1) is 25.2 Å². The van der Waals surface area contributed by atoms with Crippen LogP contribution < -0.4 is 0 Å². The highest BCUT2D eigenvalue weighted by Gasteiger charge is 2.40. The number of hydrogen-bond donors (Lipinski definition) is 0. The van der Waals surface area contributed by atoms with Crippen molar-refractivity contribution in [3.8, 4) is 0 Å². The van der Waals surface area contributed by atoms with Crippen LogP contribution in [0.1, 0.15) is 13.3 Å². The Morgan fingerprint density at radius 2 is 1.88 bits per heavy atom. The fraction of sp³-hybridized carbons (Fsp3) is 0.727. The Kier molecular flexibility index (Phi) is 6.75. The number of nitrogens with zero attached hydrogens (tertiary/aromatic N) is 3. The molecule has 24 heavy (non-hydrogen) atoms. The average molecular weight is 383 g/mol. The Bertz CT molecular complexity index is 767. The molecule has 0 bridgehead atoms. The molecule has 3 unspecified atom stereocenters. The molecule has 1 rings (SSSR count). The van der Waals surface area contributed by atoms with Gasteiger partial charge in [-0.15, -0.1) is 0 Å². The molecule has 0 heterocycles. The highest BCUT2D eigenvalue weighted by Crippen LogP contribution is 2.29. The van der Waals surface area contributed by atoms with Crippen LogP contribution in [0.25, 0.3) is 10.4 Å². The van der Waals surface area contributed by atoms with Gasteiger partial charge in [0, 0.05) is 16.9 Å². The zero-order valence-corrected chi connectivity index (χ0v) is 14.8. The van der Waals surface area contributed by atoms with Crippen LogP contribution in [0.5, 0.6) is 0 Å². The van der Waals surface area contributed by atoms with E-state index >= 15 is 0 Å². The van der Waals surface area contributed by atoms with Crippen LogP contribution in [0.2, 0.25) is 0 Å². The van der Waals surface area contributed by atoms with Crippen LogP contribution in [-0.2, 0) is 38.1 Å². The third-order valence-electron chi connectivity index (χ3n) is 2.80. The predicted octanol–water partition coefficient (Wildman–Crippen LogP) is 0.248. The van der Waals surface area contributed by atoms with E-state index in [0.717, 1.165) is 12.5 Å². The molecule has 0 spiro atoms. The summed E-state index contributed by atoms with van der Waals surface area (Å²) in [5.74, 6) is -0.754. The van der Waals surface area contributed by atoms with Gasteiger partial charge in [-0.25, -0.2) is 4.79 Å². The fourth-order valence-electron chi connectivity index (χ4n) is 2.09. The standard InChI is InChI=1S/C11H17N3O8S2/c1-4-20-11(15)7-5-8(13-14-12)10(22-24(3,18)19)9(6-7)21-23(2,16)17/h5,8-10H,4,6H2,1-3H3. The molecule has 0 amide bonds. The second-order valence-electron chi connectivity index (χ2n) is 4.92. The van der Waals surface area contributed by atoms with Gasteiger partial charge in [0.2, 0.25) is 0 Å². The first kappa shape index (κ1) is 20.4. The van der Waals surface area contributed by atoms with E-state index in [-0.39, 0.29) is 18.6 Å². The van der Waals surface area contributed by atoms with Crippen molar-refractivity contribution >= 4 is 26.2 Å². The molecule has 0 aromatic rings. The van der Waals surface area contributed by atoms with E-state index < -0.39 is 44.5 Å². The summed E-state index contributed by atoms with van der Waals surface area (Å²) in [6, 6.07) is -1.27. The van der Waals surface area contributed by atoms with Crippen molar-refractivity contribution in [2.45, 2.75) is 31.6 Å². The van der Waals surface area contributed by atoms with Crippen LogP contribution in [0, 0.1) is 0 Å². The molecule has 0 aliphatic heterocycles. The third kappa shape index (κ3) is 6.45. The lowest BCUT2D eigenvalue weighted by Gasteiger charge is -2.32. The van der Waals surface area contributed by atoms with E-state index in [1.54, 1.807) is 6.92 Å². The van der Waals surface area contributed by atoms with Gasteiger partial charge in [-0.3, -0.25) is 8.37 Å². The molecular formula is C11H17N3O8S2. The zero-order valence-electron chi connectivity index (χ0n) is 13.1. The molecule has 136 valence electrons. The smallest absolute Gasteiger partial charge is 0.333 e. The van der Waals surface area contributed by atoms with Gasteiger partial charge in [-0.1, -0.05) is 11.2 Å². The highest BCUT2D eigenvalue weighted by atomic mass is 32.2. The monoisotopic (exact) mass is 383 g/mol. The predicted molar refractivity (Wildman–Crippen MR) is 81.7 cm³/mol. The van der Waals surface area contributed by atoms with E-state index in [4.69, 9.17) is 18.6 Å². The Labute approximate surface area is 139 Å². The topological polar surface area (TPSA) is 162 Å². The molecule has 0 fully saturated rings. The lowest BCUT2D eigenvalue weighted by atomic mass is 9.91. The molecule has 0 aromatic carbocycles. The maximum Gasteiger partial charge on any atom is 0.333 e. The Morgan fingerprint density at radius 1 is 1.29 bits per heavy atom. The Morgan fingerprint density at radius 3 is 2.33 bits per heavy atom. The van der Waals surface area contributed by atoms with E-state index in [1.165, 1.54) is 6.08 Å². The number of carbonyl (C=O) groups is 1. The summed E-state index contributed by atoms with van der Waals surface area (Å²) in [5, 5.41) is 3.35. The Hall–Kier alpha value is -1.66. The lowest BCUT2D eigenvalue weighted by Crippen LogP contribution is -2.45. The number of azide groups is 1. The Balaban J connectivity index is 3.32. The van der Waals surface area contributed by atoms with Gasteiger partial charge in [0.15, 0.2) is 0 Å². The van der Waals surface area contributed by atoms with Gasteiger partial charge in [-0.2, -0.15) is 16.8 Å². The second-order valence-corrected chi connectivity index (χ2v) is 8.12. The maximum atomic E-state index is 11.9. The lowest BCUT2D eigenvalue weighted by molar-refractivity contribution is -0.139. The fourth-order valence-corrected chi connectivity index (χ4v) is 3.36. The van der Waals surface area contributed by atoms with E-state index in [0.29, 0.717) is 0 Å². The summed E-state index contributed by atoms with van der Waals surface area (Å²) < 4.78 is 60.1. The highest BCUT2D eigenvalue weighted by molar-refractivity contribution is 7.86. The number of esters is 1. The second kappa shape index (κ2) is 7.94. The van der Waals surface area contributed by atoms with Gasteiger partial charge in [0.25, 0.3) is 20.2 Å². The molecule has 0 radical (unpaired) electrons. The number of ether oxygens (including phenoxy) is 1. The summed E-state index contributed by atoms with van der Waals surface area (Å²) in [5.41, 5.74) is 8.63. The van der Waals surface area contributed by atoms with Crippen molar-refractivity contribution in [1.29, 1.82) is 0 Å². The van der Waals surface area contributed by atoms with Crippen molar-refractivity contribution in [2.75, 3.05) is 19.1 Å². The number of carbonyl (C=O) groups excluding carboxylic acids is 1. The van der Waals surface area contributed by atoms with Crippen molar-refractivity contribution in [2.24, 2.45) is 5.11 Å². The SMILES string of the molecule is CCOC(=O)C1=CC(N=[N+]=[N-])C(OS(C)(=O)=O)C(OS(C)(=O)=O)C1. The number of rotatable bonds is 7. The van der Waals surface area contributed by atoms with Gasteiger partial charge < -0.3 is 4.74 Å². The summed E-state index contributed by atoms with van der Waals surface area (Å²) in [6.45, 7) is 1.65. The third-order valence-corrected chi connectivity index (χ3v) is 3.97. The molecule has 11 nitrogen and oxygen atoms in total. The zero-order chi connectivity index (χ0) is 18.5. The molecular weight excluding hydrogens is 366 g/mol. The summed E-state index contributed by atoms with van der Waals surface area (Å²) >= 11 is 0. The van der Waals surface area contributed by atoms with Crippen LogP contribution in [0.15, 0.2) is 16.8 Å². The van der Waals surface area contributed by atoms with Crippen LogP contribution in [-0.4, -0.2) is 60.2 Å². The largest absolute Gasteiger partial charge is 0.463 e. The van der Waals surface area contributed by atoms with Gasteiger partial charge >= 0.3 is 5.97 Å². The summed E-state index contributed by atoms with van der Waals surface area (Å²) in [4.78, 5) is 14.4. The molecule has 0 saturated heterocycles. The first-order valence-corrected chi connectivity index (χ1v) is 10.3. The first-order chi connectivity index (χ1) is 11.0. The minimum atomic E-state index is -4.01. The van der Waals surface area contributed by atoms with Crippen molar-refractivity contribution in [3.63, 3.8) is 0 Å². The summed E-state index contributed by atoms with van der Waals surface area (Å²) in [6.07, 6.45) is -0.421. The molecule has 3 atom stereocenters. The number of hydrogen-bond acceptors (Lipinski definition) is 9. The molecule has 1 aliphatic carbocycles. The van der Waals surface area contributed by atoms with E-state index in [2.05, 4.69) is 10.0 Å². The molecule has 0 aromatic heterocycles. The molecule has 13 heteroatoms.